The third-order valence-corrected chi connectivity index (χ3v) is 4.53. The first kappa shape index (κ1) is 16.0. The van der Waals surface area contributed by atoms with E-state index in [-0.39, 0.29) is 5.91 Å². The van der Waals surface area contributed by atoms with Gasteiger partial charge in [0.25, 0.3) is 0 Å². The lowest BCUT2D eigenvalue weighted by molar-refractivity contribution is -0.121. The zero-order valence-electron chi connectivity index (χ0n) is 13.6. The van der Waals surface area contributed by atoms with Crippen LogP contribution in [0.4, 0.5) is 0 Å². The van der Waals surface area contributed by atoms with E-state index in [2.05, 4.69) is 48.3 Å². The summed E-state index contributed by atoms with van der Waals surface area (Å²) in [4.78, 5) is 14.1. The zero-order valence-corrected chi connectivity index (χ0v) is 13.6. The number of amides is 1. The predicted molar refractivity (Wildman–Crippen MR) is 87.2 cm³/mol. The highest BCUT2D eigenvalue weighted by molar-refractivity contribution is 5.75. The number of piperidine rings is 1. The normalized spacial score (nSPS) is 18.4. The molecule has 1 heterocycles. The molecule has 3 heteroatoms. The molecule has 3 nitrogen and oxygen atoms in total. The van der Waals surface area contributed by atoms with Crippen LogP contribution in [0.3, 0.4) is 0 Å². The first-order valence-corrected chi connectivity index (χ1v) is 8.17. The Morgan fingerprint density at radius 1 is 1.29 bits per heavy atom. The molecule has 2 rings (SSSR count). The Bertz CT molecular complexity index is 447. The fourth-order valence-electron chi connectivity index (χ4n) is 2.92. The summed E-state index contributed by atoms with van der Waals surface area (Å²) in [5, 5.41) is 3.07. The molecule has 1 atom stereocenters. The molecule has 1 unspecified atom stereocenters. The van der Waals surface area contributed by atoms with E-state index in [4.69, 9.17) is 0 Å². The van der Waals surface area contributed by atoms with Gasteiger partial charge >= 0.3 is 0 Å². The van der Waals surface area contributed by atoms with Gasteiger partial charge in [-0.25, -0.2) is 0 Å². The van der Waals surface area contributed by atoms with Crippen LogP contribution in [0.2, 0.25) is 0 Å². The third-order valence-electron chi connectivity index (χ3n) is 4.53. The van der Waals surface area contributed by atoms with E-state index in [1.165, 1.54) is 24.0 Å². The standard InChI is InChI=1S/C18H28N2O/c1-4-18(21)19-13-17(16-7-5-14(2)6-8-16)20-11-9-15(3)10-12-20/h5-8,15,17H,4,9-13H2,1-3H3,(H,19,21). The highest BCUT2D eigenvalue weighted by atomic mass is 16.1. The number of rotatable bonds is 5. The van der Waals surface area contributed by atoms with Gasteiger partial charge in [-0.2, -0.15) is 0 Å². The van der Waals surface area contributed by atoms with Crippen molar-refractivity contribution in [3.05, 3.63) is 35.4 Å². The molecule has 1 amide bonds. The van der Waals surface area contributed by atoms with Gasteiger partial charge in [0.2, 0.25) is 5.91 Å². The van der Waals surface area contributed by atoms with Crippen LogP contribution >= 0.6 is 0 Å². The molecule has 1 aliphatic rings. The lowest BCUT2D eigenvalue weighted by Gasteiger charge is -2.37. The minimum absolute atomic E-state index is 0.137. The number of hydrogen-bond acceptors (Lipinski definition) is 2. The Balaban J connectivity index is 2.09. The molecule has 0 saturated carbocycles. The van der Waals surface area contributed by atoms with Crippen molar-refractivity contribution in [1.29, 1.82) is 0 Å². The van der Waals surface area contributed by atoms with Crippen LogP contribution in [-0.4, -0.2) is 30.4 Å². The van der Waals surface area contributed by atoms with Gasteiger partial charge < -0.3 is 5.32 Å². The maximum Gasteiger partial charge on any atom is 0.219 e. The molecular formula is C18H28N2O. The summed E-state index contributed by atoms with van der Waals surface area (Å²) in [5.41, 5.74) is 2.59. The van der Waals surface area contributed by atoms with Crippen molar-refractivity contribution in [2.75, 3.05) is 19.6 Å². The SMILES string of the molecule is CCC(=O)NCC(c1ccc(C)cc1)N1CCC(C)CC1. The summed E-state index contributed by atoms with van der Waals surface area (Å²) in [6, 6.07) is 9.04. The number of nitrogens with one attached hydrogen (secondary N) is 1. The molecule has 0 aliphatic carbocycles. The van der Waals surface area contributed by atoms with Crippen LogP contribution in [0.1, 0.15) is 50.3 Å². The largest absolute Gasteiger partial charge is 0.354 e. The average Bonchev–Trinajstić information content (AvgIpc) is 2.50. The summed E-state index contributed by atoms with van der Waals surface area (Å²) in [6.07, 6.45) is 3.06. The lowest BCUT2D eigenvalue weighted by Crippen LogP contribution is -2.41. The van der Waals surface area contributed by atoms with Crippen LogP contribution in [0, 0.1) is 12.8 Å². The number of carbonyl (C=O) groups excluding carboxylic acids is 1. The van der Waals surface area contributed by atoms with Crippen molar-refractivity contribution in [2.45, 2.75) is 46.1 Å². The van der Waals surface area contributed by atoms with Crippen molar-refractivity contribution in [1.82, 2.24) is 10.2 Å². The molecule has 0 aromatic heterocycles. The molecule has 21 heavy (non-hydrogen) atoms. The van der Waals surface area contributed by atoms with E-state index in [0.29, 0.717) is 19.0 Å². The Kier molecular flexibility index (Phi) is 5.80. The second-order valence-electron chi connectivity index (χ2n) is 6.30. The lowest BCUT2D eigenvalue weighted by atomic mass is 9.95. The Morgan fingerprint density at radius 2 is 1.90 bits per heavy atom. The first-order chi connectivity index (χ1) is 10.1. The maximum atomic E-state index is 11.6. The van der Waals surface area contributed by atoms with Crippen LogP contribution in [0.25, 0.3) is 0 Å². The molecule has 1 aliphatic heterocycles. The van der Waals surface area contributed by atoms with E-state index in [1.54, 1.807) is 0 Å². The second-order valence-corrected chi connectivity index (χ2v) is 6.30. The Hall–Kier alpha value is -1.35. The van der Waals surface area contributed by atoms with Gasteiger partial charge in [-0.1, -0.05) is 43.7 Å². The van der Waals surface area contributed by atoms with E-state index in [1.807, 2.05) is 6.92 Å². The highest BCUT2D eigenvalue weighted by Crippen LogP contribution is 2.26. The fourth-order valence-corrected chi connectivity index (χ4v) is 2.92. The van der Waals surface area contributed by atoms with Crippen molar-refractivity contribution >= 4 is 5.91 Å². The van der Waals surface area contributed by atoms with Gasteiger partial charge in [0.15, 0.2) is 0 Å². The second kappa shape index (κ2) is 7.60. The minimum Gasteiger partial charge on any atom is -0.354 e. The van der Waals surface area contributed by atoms with Crippen molar-refractivity contribution < 1.29 is 4.79 Å². The van der Waals surface area contributed by atoms with Gasteiger partial charge in [0, 0.05) is 13.0 Å². The average molecular weight is 288 g/mol. The van der Waals surface area contributed by atoms with Crippen molar-refractivity contribution in [2.24, 2.45) is 5.92 Å². The van der Waals surface area contributed by atoms with E-state index < -0.39 is 0 Å². The molecule has 1 N–H and O–H groups in total. The minimum atomic E-state index is 0.137. The summed E-state index contributed by atoms with van der Waals surface area (Å²) >= 11 is 0. The Labute approximate surface area is 128 Å². The summed E-state index contributed by atoms with van der Waals surface area (Å²) in [7, 11) is 0. The smallest absolute Gasteiger partial charge is 0.219 e. The number of aryl methyl sites for hydroxylation is 1. The number of nitrogens with zero attached hydrogens (tertiary/aromatic N) is 1. The van der Waals surface area contributed by atoms with Gasteiger partial charge in [-0.15, -0.1) is 0 Å². The molecule has 0 spiro atoms. The molecule has 1 saturated heterocycles. The van der Waals surface area contributed by atoms with Crippen LogP contribution in [0.15, 0.2) is 24.3 Å². The first-order valence-electron chi connectivity index (χ1n) is 8.17. The number of likely N-dealkylation sites (tertiary alicyclic amines) is 1. The van der Waals surface area contributed by atoms with Crippen LogP contribution in [0.5, 0.6) is 0 Å². The van der Waals surface area contributed by atoms with Gasteiger partial charge in [-0.05, 0) is 44.3 Å². The molecule has 116 valence electrons. The molecule has 0 radical (unpaired) electrons. The fraction of sp³-hybridized carbons (Fsp3) is 0.611. The number of hydrogen-bond donors (Lipinski definition) is 1. The van der Waals surface area contributed by atoms with E-state index >= 15 is 0 Å². The van der Waals surface area contributed by atoms with Gasteiger partial charge in [-0.3, -0.25) is 9.69 Å². The molecular weight excluding hydrogens is 260 g/mol. The molecule has 0 bridgehead atoms. The number of benzene rings is 1. The zero-order chi connectivity index (χ0) is 15.2. The van der Waals surface area contributed by atoms with E-state index in [9.17, 15) is 4.79 Å². The highest BCUT2D eigenvalue weighted by Gasteiger charge is 2.24. The van der Waals surface area contributed by atoms with Crippen molar-refractivity contribution in [3.63, 3.8) is 0 Å². The molecule has 1 aromatic carbocycles. The molecule has 1 aromatic rings. The van der Waals surface area contributed by atoms with Crippen LogP contribution in [-0.2, 0) is 4.79 Å². The predicted octanol–water partition coefficient (Wildman–Crippen LogP) is 3.29. The molecule has 1 fully saturated rings. The third kappa shape index (κ3) is 4.57. The van der Waals surface area contributed by atoms with Gasteiger partial charge in [0.1, 0.15) is 0 Å². The monoisotopic (exact) mass is 288 g/mol. The summed E-state index contributed by atoms with van der Waals surface area (Å²) < 4.78 is 0. The van der Waals surface area contributed by atoms with Crippen LogP contribution < -0.4 is 5.32 Å². The summed E-state index contributed by atoms with van der Waals surface area (Å²) in [5.74, 6) is 0.961. The number of carbonyl (C=O) groups is 1. The summed E-state index contributed by atoms with van der Waals surface area (Å²) in [6.45, 7) is 9.31. The van der Waals surface area contributed by atoms with Gasteiger partial charge in [0.05, 0.1) is 6.04 Å². The topological polar surface area (TPSA) is 32.3 Å². The quantitative estimate of drug-likeness (QED) is 0.901. The van der Waals surface area contributed by atoms with E-state index in [0.717, 1.165) is 19.0 Å². The maximum absolute atomic E-state index is 11.6. The Morgan fingerprint density at radius 3 is 2.48 bits per heavy atom. The van der Waals surface area contributed by atoms with Crippen molar-refractivity contribution in [3.8, 4) is 0 Å².